The smallest absolute Gasteiger partial charge is 0.250 e. The van der Waals surface area contributed by atoms with Crippen LogP contribution in [0, 0.1) is 31.6 Å². The molecule has 186 valence electrons. The first-order chi connectivity index (χ1) is 16.1. The maximum absolute atomic E-state index is 13.8. The van der Waals surface area contributed by atoms with Crippen LogP contribution in [0.5, 0.6) is 0 Å². The zero-order chi connectivity index (χ0) is 24.8. The number of aryl methyl sites for hydroxylation is 2. The Morgan fingerprint density at radius 2 is 2.00 bits per heavy atom. The summed E-state index contributed by atoms with van der Waals surface area (Å²) >= 11 is 0. The summed E-state index contributed by atoms with van der Waals surface area (Å²) in [5.41, 5.74) is 0.746. The molecule has 3 aliphatic rings. The Bertz CT molecular complexity index is 997. The van der Waals surface area contributed by atoms with E-state index in [1.807, 2.05) is 52.8 Å². The maximum Gasteiger partial charge on any atom is 0.250 e. The normalized spacial score (nSPS) is 33.8. The fraction of sp³-hybridized carbons (Fsp3) is 0.654. The zero-order valence-electron chi connectivity index (χ0n) is 20.8. The minimum Gasteiger partial charge on any atom is -0.396 e. The van der Waals surface area contributed by atoms with Crippen molar-refractivity contribution in [2.75, 3.05) is 25.0 Å². The monoisotopic (exact) mass is 471 g/mol. The highest BCUT2D eigenvalue weighted by Gasteiger charge is 2.79. The number of likely N-dealkylation sites (tertiary alicyclic amines) is 1. The molecule has 1 spiro atoms. The molecule has 34 heavy (non-hydrogen) atoms. The molecule has 3 unspecified atom stereocenters. The van der Waals surface area contributed by atoms with Gasteiger partial charge in [0.05, 0.1) is 17.4 Å². The van der Waals surface area contributed by atoms with E-state index in [0.717, 1.165) is 17.5 Å². The van der Waals surface area contributed by atoms with Crippen molar-refractivity contribution >= 4 is 23.4 Å². The summed E-state index contributed by atoms with van der Waals surface area (Å²) in [7, 11) is 0. The van der Waals surface area contributed by atoms with E-state index >= 15 is 0 Å². The van der Waals surface area contributed by atoms with Crippen LogP contribution in [0.2, 0.25) is 0 Å². The van der Waals surface area contributed by atoms with Gasteiger partial charge in [-0.3, -0.25) is 14.4 Å². The summed E-state index contributed by atoms with van der Waals surface area (Å²) in [4.78, 5) is 42.5. The summed E-state index contributed by atoms with van der Waals surface area (Å²) in [5.74, 6) is -2.11. The molecule has 3 N–H and O–H groups in total. The lowest BCUT2D eigenvalue weighted by Crippen LogP contribution is -2.54. The molecule has 3 saturated heterocycles. The van der Waals surface area contributed by atoms with Gasteiger partial charge >= 0.3 is 0 Å². The molecular weight excluding hydrogens is 434 g/mol. The molecule has 3 aliphatic heterocycles. The van der Waals surface area contributed by atoms with Gasteiger partial charge < -0.3 is 25.4 Å². The van der Waals surface area contributed by atoms with Crippen LogP contribution < -0.4 is 10.6 Å². The predicted molar refractivity (Wildman–Crippen MR) is 128 cm³/mol. The van der Waals surface area contributed by atoms with Crippen molar-refractivity contribution in [2.45, 2.75) is 71.1 Å². The zero-order valence-corrected chi connectivity index (χ0v) is 20.8. The molecule has 3 amide bonds. The Morgan fingerprint density at radius 3 is 2.68 bits per heavy atom. The summed E-state index contributed by atoms with van der Waals surface area (Å²) < 4.78 is 6.66. The molecule has 0 aromatic heterocycles. The predicted octanol–water partition coefficient (Wildman–Crippen LogP) is 2.16. The summed E-state index contributed by atoms with van der Waals surface area (Å²) in [6.45, 7) is 10.5. The van der Waals surface area contributed by atoms with Crippen LogP contribution in [0.3, 0.4) is 0 Å². The van der Waals surface area contributed by atoms with E-state index in [-0.39, 0.29) is 36.8 Å². The molecule has 6 atom stereocenters. The number of nitrogens with zero attached hydrogens (tertiary/aromatic N) is 1. The van der Waals surface area contributed by atoms with Crippen molar-refractivity contribution in [3.8, 4) is 0 Å². The molecule has 1 aromatic rings. The number of benzene rings is 1. The third-order valence-electron chi connectivity index (χ3n) is 8.10. The Labute approximate surface area is 201 Å². The molecule has 0 aliphatic carbocycles. The van der Waals surface area contributed by atoms with Crippen molar-refractivity contribution in [3.63, 3.8) is 0 Å². The second-order valence-corrected chi connectivity index (χ2v) is 10.4. The lowest BCUT2D eigenvalue weighted by atomic mass is 9.62. The fourth-order valence-corrected chi connectivity index (χ4v) is 6.35. The van der Waals surface area contributed by atoms with Gasteiger partial charge in [-0.2, -0.15) is 0 Å². The highest BCUT2D eigenvalue weighted by molar-refractivity contribution is 6.04. The van der Waals surface area contributed by atoms with Crippen molar-refractivity contribution < 1.29 is 24.2 Å². The maximum atomic E-state index is 13.8. The number of carbonyl (C=O) groups is 3. The van der Waals surface area contributed by atoms with Crippen molar-refractivity contribution in [3.05, 3.63) is 29.3 Å². The van der Waals surface area contributed by atoms with E-state index in [0.29, 0.717) is 25.1 Å². The van der Waals surface area contributed by atoms with Crippen molar-refractivity contribution in [1.29, 1.82) is 0 Å². The number of aliphatic hydroxyl groups is 1. The largest absolute Gasteiger partial charge is 0.396 e. The second kappa shape index (κ2) is 8.96. The van der Waals surface area contributed by atoms with Gasteiger partial charge in [0.25, 0.3) is 0 Å². The molecule has 8 nitrogen and oxygen atoms in total. The van der Waals surface area contributed by atoms with Crippen LogP contribution in [-0.4, -0.2) is 64.7 Å². The Morgan fingerprint density at radius 1 is 1.26 bits per heavy atom. The van der Waals surface area contributed by atoms with Crippen molar-refractivity contribution in [1.82, 2.24) is 10.2 Å². The molecule has 1 aromatic carbocycles. The van der Waals surface area contributed by atoms with Crippen molar-refractivity contribution in [2.24, 2.45) is 17.8 Å². The Kier molecular flexibility index (Phi) is 6.50. The Hall–Kier alpha value is -2.45. The van der Waals surface area contributed by atoms with Gasteiger partial charge in [0, 0.05) is 25.4 Å². The van der Waals surface area contributed by atoms with E-state index in [4.69, 9.17) is 4.74 Å². The quantitative estimate of drug-likeness (QED) is 0.539. The number of nitrogens with one attached hydrogen (secondary N) is 2. The molecule has 4 rings (SSSR count). The van der Waals surface area contributed by atoms with Crippen LogP contribution in [0.4, 0.5) is 5.69 Å². The molecule has 2 bridgehead atoms. The summed E-state index contributed by atoms with van der Waals surface area (Å²) in [6.07, 6.45) is 1.66. The first-order valence-corrected chi connectivity index (χ1v) is 12.4. The molecule has 0 saturated carbocycles. The second-order valence-electron chi connectivity index (χ2n) is 10.4. The van der Waals surface area contributed by atoms with E-state index in [2.05, 4.69) is 10.6 Å². The van der Waals surface area contributed by atoms with Crippen LogP contribution in [0.15, 0.2) is 18.2 Å². The summed E-state index contributed by atoms with van der Waals surface area (Å²) in [5, 5.41) is 15.5. The topological polar surface area (TPSA) is 108 Å². The number of hydrogen-bond acceptors (Lipinski definition) is 5. The number of rotatable bonds is 8. The molecule has 0 radical (unpaired) electrons. The first kappa shape index (κ1) is 24.7. The van der Waals surface area contributed by atoms with Crippen LogP contribution >= 0.6 is 0 Å². The number of anilines is 1. The minimum absolute atomic E-state index is 0.00252. The molecule has 3 fully saturated rings. The summed E-state index contributed by atoms with van der Waals surface area (Å²) in [6, 6.07) is 4.97. The van der Waals surface area contributed by atoms with Crippen LogP contribution in [0.25, 0.3) is 0 Å². The standard InChI is InChI=1S/C26H37N3O5/c1-6-10-27-22(31)19-20-24(33)29(11-7-12-30)21(26(20)14-17(4)25(19,5)34-26)23(32)28-18-13-15(2)8-9-16(18)3/h8-9,13,17,19-21,30H,6-7,10-12,14H2,1-5H3,(H,27,31)(H,28,32)/t17?,19-,20+,21?,25+,26?/m1/s1. The first-order valence-electron chi connectivity index (χ1n) is 12.4. The average Bonchev–Trinajstić information content (AvgIpc) is 3.29. The van der Waals surface area contributed by atoms with E-state index in [1.54, 1.807) is 4.90 Å². The number of fused-ring (bicyclic) bond motifs is 1. The number of amides is 3. The third kappa shape index (κ3) is 3.62. The van der Waals surface area contributed by atoms with Gasteiger partial charge in [-0.05, 0) is 63.1 Å². The highest BCUT2D eigenvalue weighted by atomic mass is 16.5. The lowest BCUT2D eigenvalue weighted by molar-refractivity contribution is -0.146. The SMILES string of the molecule is CCCNC(=O)[C@H]1[C@H]2C(=O)N(CCCO)C(C(=O)Nc3cc(C)ccc3C)C23CC(C)[C@]1(C)O3. The van der Waals surface area contributed by atoms with Gasteiger partial charge in [-0.25, -0.2) is 0 Å². The van der Waals surface area contributed by atoms with E-state index in [9.17, 15) is 19.5 Å². The molecular formula is C26H37N3O5. The highest BCUT2D eigenvalue weighted by Crippen LogP contribution is 2.65. The van der Waals surface area contributed by atoms with Gasteiger partial charge in [0.2, 0.25) is 17.7 Å². The van der Waals surface area contributed by atoms with Crippen LogP contribution in [-0.2, 0) is 19.1 Å². The number of carbonyl (C=O) groups excluding carboxylic acids is 3. The minimum atomic E-state index is -1.07. The number of ether oxygens (including phenoxy) is 1. The average molecular weight is 472 g/mol. The molecule has 3 heterocycles. The fourth-order valence-electron chi connectivity index (χ4n) is 6.35. The van der Waals surface area contributed by atoms with E-state index in [1.165, 1.54) is 0 Å². The van der Waals surface area contributed by atoms with Gasteiger partial charge in [-0.1, -0.05) is 26.0 Å². The lowest BCUT2D eigenvalue weighted by Gasteiger charge is -2.36. The third-order valence-corrected chi connectivity index (χ3v) is 8.10. The van der Waals surface area contributed by atoms with Gasteiger partial charge in [-0.15, -0.1) is 0 Å². The number of aliphatic hydroxyl groups excluding tert-OH is 1. The number of hydrogen-bond donors (Lipinski definition) is 3. The Balaban J connectivity index is 1.74. The van der Waals surface area contributed by atoms with Gasteiger partial charge in [0.15, 0.2) is 0 Å². The van der Waals surface area contributed by atoms with Gasteiger partial charge in [0.1, 0.15) is 11.6 Å². The van der Waals surface area contributed by atoms with Crippen LogP contribution in [0.1, 0.15) is 51.2 Å². The van der Waals surface area contributed by atoms with E-state index < -0.39 is 29.1 Å². The molecule has 8 heteroatoms.